The summed E-state index contributed by atoms with van der Waals surface area (Å²) in [4.78, 5) is 4.05. The first-order valence-corrected chi connectivity index (χ1v) is 7.09. The molecule has 1 aliphatic rings. The average Bonchev–Trinajstić information content (AvgIpc) is 2.68. The molecule has 108 valence electrons. The lowest BCUT2D eigenvalue weighted by atomic mass is 9.75. The number of rotatable bonds is 2. The van der Waals surface area contributed by atoms with E-state index in [1.165, 1.54) is 25.3 Å². The van der Waals surface area contributed by atoms with Gasteiger partial charge in [0.05, 0.1) is 5.52 Å². The van der Waals surface area contributed by atoms with Crippen molar-refractivity contribution in [1.82, 2.24) is 9.55 Å². The number of anilines is 1. The quantitative estimate of drug-likeness (QED) is 0.907. The molecule has 2 N–H and O–H groups in total. The largest absolute Gasteiger partial charge is 0.369 e. The number of nitrogens with zero attached hydrogens (tertiary/aromatic N) is 2. The molecular formula is C15H19F2N3. The number of nitrogens with two attached hydrogens (primary N) is 1. The van der Waals surface area contributed by atoms with E-state index >= 15 is 0 Å². The summed E-state index contributed by atoms with van der Waals surface area (Å²) < 4.78 is 28.9. The molecular weight excluding hydrogens is 260 g/mol. The number of hydrogen-bond acceptors (Lipinski definition) is 2. The van der Waals surface area contributed by atoms with E-state index in [2.05, 4.69) is 11.9 Å². The molecule has 0 amide bonds. The van der Waals surface area contributed by atoms with Gasteiger partial charge in [0.25, 0.3) is 0 Å². The monoisotopic (exact) mass is 279 g/mol. The normalized spacial score (nSPS) is 18.6. The van der Waals surface area contributed by atoms with Gasteiger partial charge in [-0.05, 0) is 18.3 Å². The van der Waals surface area contributed by atoms with Gasteiger partial charge >= 0.3 is 0 Å². The molecule has 0 unspecified atom stereocenters. The molecule has 3 rings (SSSR count). The van der Waals surface area contributed by atoms with Crippen molar-refractivity contribution in [2.75, 3.05) is 5.73 Å². The molecule has 1 fully saturated rings. The van der Waals surface area contributed by atoms with Crippen molar-refractivity contribution in [3.05, 3.63) is 23.8 Å². The first-order valence-electron chi connectivity index (χ1n) is 7.09. The van der Waals surface area contributed by atoms with Crippen LogP contribution in [0.2, 0.25) is 0 Å². The second-order valence-electron chi connectivity index (χ2n) is 6.18. The highest BCUT2D eigenvalue weighted by atomic mass is 19.1. The summed E-state index contributed by atoms with van der Waals surface area (Å²) in [5, 5.41) is 0. The van der Waals surface area contributed by atoms with Gasteiger partial charge in [0, 0.05) is 18.7 Å². The van der Waals surface area contributed by atoms with Crippen LogP contribution in [0.4, 0.5) is 14.7 Å². The van der Waals surface area contributed by atoms with Gasteiger partial charge in [0.2, 0.25) is 5.95 Å². The minimum atomic E-state index is -0.653. The molecule has 1 saturated carbocycles. The Labute approximate surface area is 116 Å². The van der Waals surface area contributed by atoms with Crippen molar-refractivity contribution in [1.29, 1.82) is 0 Å². The summed E-state index contributed by atoms with van der Waals surface area (Å²) >= 11 is 0. The summed E-state index contributed by atoms with van der Waals surface area (Å²) in [6.45, 7) is 2.88. The standard InChI is InChI=1S/C15H19F2N3/c1-15(5-3-2-4-6-15)9-20-12-8-10(16)7-11(17)13(12)19-14(20)18/h7-8H,2-6,9H2,1H3,(H2,18,19). The van der Waals surface area contributed by atoms with Crippen molar-refractivity contribution in [2.24, 2.45) is 5.41 Å². The van der Waals surface area contributed by atoms with E-state index in [0.717, 1.165) is 18.9 Å². The summed E-state index contributed by atoms with van der Waals surface area (Å²) in [6.07, 6.45) is 5.89. The Morgan fingerprint density at radius 3 is 2.65 bits per heavy atom. The maximum atomic E-state index is 13.7. The molecule has 1 heterocycles. The van der Waals surface area contributed by atoms with Gasteiger partial charge < -0.3 is 10.3 Å². The lowest BCUT2D eigenvalue weighted by Crippen LogP contribution is -2.26. The van der Waals surface area contributed by atoms with E-state index in [0.29, 0.717) is 12.1 Å². The molecule has 2 aromatic rings. The fourth-order valence-corrected chi connectivity index (χ4v) is 3.28. The summed E-state index contributed by atoms with van der Waals surface area (Å²) in [6, 6.07) is 2.16. The van der Waals surface area contributed by atoms with E-state index < -0.39 is 11.6 Å². The predicted molar refractivity (Wildman–Crippen MR) is 75.3 cm³/mol. The Morgan fingerprint density at radius 2 is 1.95 bits per heavy atom. The molecule has 1 aromatic carbocycles. The maximum absolute atomic E-state index is 13.7. The van der Waals surface area contributed by atoms with Crippen LogP contribution in [-0.2, 0) is 6.54 Å². The Bertz CT molecular complexity index is 642. The van der Waals surface area contributed by atoms with Crippen LogP contribution in [0, 0.1) is 17.0 Å². The van der Waals surface area contributed by atoms with Crippen molar-refractivity contribution < 1.29 is 8.78 Å². The predicted octanol–water partition coefficient (Wildman–Crippen LogP) is 3.87. The van der Waals surface area contributed by atoms with Gasteiger partial charge in [0.15, 0.2) is 5.82 Å². The van der Waals surface area contributed by atoms with E-state index in [9.17, 15) is 8.78 Å². The van der Waals surface area contributed by atoms with Gasteiger partial charge in [-0.1, -0.05) is 26.2 Å². The van der Waals surface area contributed by atoms with Gasteiger partial charge in [0.1, 0.15) is 11.3 Å². The summed E-state index contributed by atoms with van der Waals surface area (Å²) in [7, 11) is 0. The van der Waals surface area contributed by atoms with Crippen molar-refractivity contribution in [2.45, 2.75) is 45.6 Å². The molecule has 0 radical (unpaired) electrons. The zero-order valence-electron chi connectivity index (χ0n) is 11.6. The summed E-state index contributed by atoms with van der Waals surface area (Å²) in [5.74, 6) is -0.986. The number of aromatic nitrogens is 2. The lowest BCUT2D eigenvalue weighted by molar-refractivity contribution is 0.186. The third kappa shape index (κ3) is 2.25. The first-order chi connectivity index (χ1) is 9.48. The number of halogens is 2. The van der Waals surface area contributed by atoms with Crippen LogP contribution in [0.5, 0.6) is 0 Å². The number of imidazole rings is 1. The zero-order valence-corrected chi connectivity index (χ0v) is 11.6. The second kappa shape index (κ2) is 4.72. The lowest BCUT2D eigenvalue weighted by Gasteiger charge is -2.34. The van der Waals surface area contributed by atoms with E-state index in [-0.39, 0.29) is 16.9 Å². The van der Waals surface area contributed by atoms with Crippen molar-refractivity contribution in [3.8, 4) is 0 Å². The number of hydrogen-bond donors (Lipinski definition) is 1. The molecule has 0 bridgehead atoms. The van der Waals surface area contributed by atoms with Crippen LogP contribution >= 0.6 is 0 Å². The van der Waals surface area contributed by atoms with Crippen LogP contribution in [0.25, 0.3) is 11.0 Å². The molecule has 5 heteroatoms. The number of fused-ring (bicyclic) bond motifs is 1. The van der Waals surface area contributed by atoms with E-state index in [1.807, 2.05) is 0 Å². The molecule has 20 heavy (non-hydrogen) atoms. The Hall–Kier alpha value is -1.65. The highest BCUT2D eigenvalue weighted by Crippen LogP contribution is 2.38. The average molecular weight is 279 g/mol. The second-order valence-corrected chi connectivity index (χ2v) is 6.18. The Morgan fingerprint density at radius 1 is 1.25 bits per heavy atom. The summed E-state index contributed by atoms with van der Waals surface area (Å²) in [5.41, 5.74) is 6.65. The van der Waals surface area contributed by atoms with Crippen LogP contribution in [-0.4, -0.2) is 9.55 Å². The third-order valence-electron chi connectivity index (χ3n) is 4.40. The molecule has 0 spiro atoms. The van der Waals surface area contributed by atoms with E-state index in [4.69, 9.17) is 5.73 Å². The Balaban J connectivity index is 2.04. The molecule has 1 aliphatic carbocycles. The van der Waals surface area contributed by atoms with Crippen LogP contribution in [0.15, 0.2) is 12.1 Å². The number of nitrogen functional groups attached to an aromatic ring is 1. The Kier molecular flexibility index (Phi) is 3.15. The molecule has 3 nitrogen and oxygen atoms in total. The highest BCUT2D eigenvalue weighted by molar-refractivity contribution is 5.79. The maximum Gasteiger partial charge on any atom is 0.201 e. The van der Waals surface area contributed by atoms with Crippen LogP contribution in [0.3, 0.4) is 0 Å². The van der Waals surface area contributed by atoms with Crippen molar-refractivity contribution in [3.63, 3.8) is 0 Å². The zero-order chi connectivity index (χ0) is 14.3. The van der Waals surface area contributed by atoms with Gasteiger partial charge in [-0.25, -0.2) is 13.8 Å². The fraction of sp³-hybridized carbons (Fsp3) is 0.533. The van der Waals surface area contributed by atoms with Crippen LogP contribution < -0.4 is 5.73 Å². The molecule has 0 aliphatic heterocycles. The van der Waals surface area contributed by atoms with Crippen molar-refractivity contribution >= 4 is 17.0 Å². The van der Waals surface area contributed by atoms with E-state index in [1.54, 1.807) is 4.57 Å². The molecule has 0 saturated heterocycles. The molecule has 1 aromatic heterocycles. The topological polar surface area (TPSA) is 43.8 Å². The van der Waals surface area contributed by atoms with Gasteiger partial charge in [-0.2, -0.15) is 0 Å². The fourth-order valence-electron chi connectivity index (χ4n) is 3.28. The van der Waals surface area contributed by atoms with Gasteiger partial charge in [-0.15, -0.1) is 0 Å². The SMILES string of the molecule is CC1(Cn2c(N)nc3c(F)cc(F)cc32)CCCCC1. The number of benzene rings is 1. The minimum Gasteiger partial charge on any atom is -0.369 e. The highest BCUT2D eigenvalue weighted by Gasteiger charge is 2.29. The minimum absolute atomic E-state index is 0.128. The van der Waals surface area contributed by atoms with Crippen LogP contribution in [0.1, 0.15) is 39.0 Å². The first kappa shape index (κ1) is 13.3. The van der Waals surface area contributed by atoms with Gasteiger partial charge in [-0.3, -0.25) is 0 Å². The smallest absolute Gasteiger partial charge is 0.201 e. The third-order valence-corrected chi connectivity index (χ3v) is 4.40. The molecule has 0 atom stereocenters.